The molecular weight excluding hydrogens is 322 g/mol. The molecule has 7 nitrogen and oxygen atoms in total. The van der Waals surface area contributed by atoms with Gasteiger partial charge in [0, 0.05) is 30.6 Å². The molecule has 0 unspecified atom stereocenters. The maximum Gasteiger partial charge on any atom is 0.224 e. The molecule has 0 saturated heterocycles. The molecule has 0 aliphatic carbocycles. The predicted octanol–water partition coefficient (Wildman–Crippen LogP) is 1.18. The third-order valence-corrected chi connectivity index (χ3v) is 4.12. The zero-order valence-electron chi connectivity index (χ0n) is 14.7. The fourth-order valence-corrected chi connectivity index (χ4v) is 2.73. The Balaban J connectivity index is 2.14. The molecule has 0 bridgehead atoms. The van der Waals surface area contributed by atoms with Crippen molar-refractivity contribution >= 4 is 29.1 Å². The van der Waals surface area contributed by atoms with E-state index in [9.17, 15) is 14.4 Å². The Morgan fingerprint density at radius 3 is 2.48 bits per heavy atom. The number of nitrogens with one attached hydrogen (secondary N) is 2. The van der Waals surface area contributed by atoms with E-state index in [4.69, 9.17) is 4.74 Å². The molecule has 1 aromatic heterocycles. The second kappa shape index (κ2) is 8.32. The summed E-state index contributed by atoms with van der Waals surface area (Å²) in [4.78, 5) is 34.8. The highest BCUT2D eigenvalue weighted by Gasteiger charge is 2.17. The summed E-state index contributed by atoms with van der Waals surface area (Å²) in [6, 6.07) is 5.41. The van der Waals surface area contributed by atoms with E-state index in [-0.39, 0.29) is 18.2 Å². The molecule has 1 aromatic carbocycles. The maximum atomic E-state index is 12.2. The van der Waals surface area contributed by atoms with Crippen LogP contribution in [0.1, 0.15) is 24.6 Å². The quantitative estimate of drug-likeness (QED) is 0.555. The van der Waals surface area contributed by atoms with Gasteiger partial charge in [0.15, 0.2) is 0 Å². The molecule has 1 heterocycles. The van der Waals surface area contributed by atoms with Gasteiger partial charge in [0.1, 0.15) is 5.75 Å². The fraction of sp³-hybridized carbons (Fsp3) is 0.389. The first-order valence-corrected chi connectivity index (χ1v) is 8.17. The Labute approximate surface area is 146 Å². The van der Waals surface area contributed by atoms with Crippen LogP contribution in [0.4, 0.5) is 0 Å². The van der Waals surface area contributed by atoms with E-state index in [1.54, 1.807) is 26.2 Å². The number of rotatable bonds is 8. The summed E-state index contributed by atoms with van der Waals surface area (Å²) >= 11 is 0. The third-order valence-electron chi connectivity index (χ3n) is 4.12. The van der Waals surface area contributed by atoms with Crippen LogP contribution in [0.3, 0.4) is 0 Å². The van der Waals surface area contributed by atoms with E-state index in [1.807, 2.05) is 13.0 Å². The summed E-state index contributed by atoms with van der Waals surface area (Å²) < 4.78 is 6.77. The van der Waals surface area contributed by atoms with Crippen LogP contribution in [-0.4, -0.2) is 43.0 Å². The van der Waals surface area contributed by atoms with Crippen molar-refractivity contribution in [3.05, 3.63) is 29.5 Å². The third kappa shape index (κ3) is 4.17. The smallest absolute Gasteiger partial charge is 0.224 e. The summed E-state index contributed by atoms with van der Waals surface area (Å²) in [5, 5.41) is 6.29. The molecule has 7 heteroatoms. The van der Waals surface area contributed by atoms with Gasteiger partial charge in [-0.15, -0.1) is 0 Å². The number of methoxy groups -OCH3 is 1. The molecule has 0 spiro atoms. The largest absolute Gasteiger partial charge is 0.497 e. The number of amides is 2. The van der Waals surface area contributed by atoms with E-state index in [0.29, 0.717) is 25.3 Å². The maximum absolute atomic E-state index is 12.2. The second-order valence-corrected chi connectivity index (χ2v) is 5.65. The Morgan fingerprint density at radius 1 is 1.20 bits per heavy atom. The molecule has 2 N–H and O–H groups in total. The van der Waals surface area contributed by atoms with E-state index in [0.717, 1.165) is 28.6 Å². The van der Waals surface area contributed by atoms with Gasteiger partial charge in [0.2, 0.25) is 18.2 Å². The van der Waals surface area contributed by atoms with Crippen molar-refractivity contribution in [2.75, 3.05) is 20.2 Å². The lowest BCUT2D eigenvalue weighted by atomic mass is 10.1. The zero-order valence-corrected chi connectivity index (χ0v) is 14.7. The van der Waals surface area contributed by atoms with Crippen molar-refractivity contribution in [2.45, 2.75) is 26.7 Å². The highest BCUT2D eigenvalue weighted by molar-refractivity contribution is 5.94. The SMILES string of the molecule is CCC(=O)NCCNC(=O)Cc1c(C)n(C=O)c2ccc(OC)cc12. The van der Waals surface area contributed by atoms with Gasteiger partial charge in [-0.25, -0.2) is 0 Å². The lowest BCUT2D eigenvalue weighted by molar-refractivity contribution is -0.122. The molecular formula is C18H23N3O4. The fourth-order valence-electron chi connectivity index (χ4n) is 2.73. The van der Waals surface area contributed by atoms with Crippen LogP contribution < -0.4 is 15.4 Å². The Kier molecular flexibility index (Phi) is 6.16. The average molecular weight is 345 g/mol. The molecule has 0 radical (unpaired) electrons. The first-order chi connectivity index (χ1) is 12.0. The molecule has 2 aromatic rings. The summed E-state index contributed by atoms with van der Waals surface area (Å²) in [5.74, 6) is 0.451. The number of carbonyl (C=O) groups is 3. The van der Waals surface area contributed by atoms with Crippen LogP contribution >= 0.6 is 0 Å². The zero-order chi connectivity index (χ0) is 18.4. The van der Waals surface area contributed by atoms with Crippen LogP contribution in [0.5, 0.6) is 5.75 Å². The van der Waals surface area contributed by atoms with Gasteiger partial charge in [-0.05, 0) is 30.7 Å². The van der Waals surface area contributed by atoms with Crippen molar-refractivity contribution < 1.29 is 19.1 Å². The number of nitrogens with zero attached hydrogens (tertiary/aromatic N) is 1. The molecule has 0 saturated carbocycles. The number of aromatic nitrogens is 1. The number of carbonyl (C=O) groups excluding carboxylic acids is 3. The van der Waals surface area contributed by atoms with Gasteiger partial charge in [0.25, 0.3) is 0 Å². The van der Waals surface area contributed by atoms with Crippen molar-refractivity contribution in [2.24, 2.45) is 0 Å². The van der Waals surface area contributed by atoms with Crippen LogP contribution in [0.2, 0.25) is 0 Å². The number of benzene rings is 1. The van der Waals surface area contributed by atoms with Gasteiger partial charge >= 0.3 is 0 Å². The van der Waals surface area contributed by atoms with Crippen molar-refractivity contribution in [1.82, 2.24) is 15.2 Å². The first-order valence-electron chi connectivity index (χ1n) is 8.17. The minimum atomic E-state index is -0.165. The van der Waals surface area contributed by atoms with Crippen LogP contribution in [-0.2, 0) is 20.8 Å². The lowest BCUT2D eigenvalue weighted by Crippen LogP contribution is -2.35. The van der Waals surface area contributed by atoms with Gasteiger partial charge < -0.3 is 15.4 Å². The highest BCUT2D eigenvalue weighted by atomic mass is 16.5. The number of fused-ring (bicyclic) bond motifs is 1. The van der Waals surface area contributed by atoms with Gasteiger partial charge in [-0.1, -0.05) is 6.92 Å². The summed E-state index contributed by atoms with van der Waals surface area (Å²) in [5.41, 5.74) is 2.26. The molecule has 25 heavy (non-hydrogen) atoms. The first kappa shape index (κ1) is 18.5. The normalized spacial score (nSPS) is 10.5. The van der Waals surface area contributed by atoms with E-state index >= 15 is 0 Å². The molecule has 134 valence electrons. The van der Waals surface area contributed by atoms with Crippen LogP contribution in [0.15, 0.2) is 18.2 Å². The topological polar surface area (TPSA) is 89.4 Å². The van der Waals surface area contributed by atoms with Crippen LogP contribution in [0.25, 0.3) is 10.9 Å². The molecule has 0 aliphatic heterocycles. The summed E-state index contributed by atoms with van der Waals surface area (Å²) in [6.07, 6.45) is 1.31. The Hall–Kier alpha value is -2.83. The van der Waals surface area contributed by atoms with E-state index < -0.39 is 0 Å². The number of hydrogen-bond donors (Lipinski definition) is 2. The molecule has 0 aliphatic rings. The second-order valence-electron chi connectivity index (χ2n) is 5.65. The molecule has 2 amide bonds. The molecule has 0 atom stereocenters. The van der Waals surface area contributed by atoms with Gasteiger partial charge in [-0.2, -0.15) is 0 Å². The van der Waals surface area contributed by atoms with Gasteiger partial charge in [-0.3, -0.25) is 19.0 Å². The Bertz CT molecular complexity index is 795. The van der Waals surface area contributed by atoms with Crippen LogP contribution in [0, 0.1) is 6.92 Å². The van der Waals surface area contributed by atoms with Crippen molar-refractivity contribution in [3.8, 4) is 5.75 Å². The summed E-state index contributed by atoms with van der Waals surface area (Å²) in [7, 11) is 1.57. The average Bonchev–Trinajstić information content (AvgIpc) is 2.88. The molecule has 2 rings (SSSR count). The Morgan fingerprint density at radius 2 is 1.88 bits per heavy atom. The highest BCUT2D eigenvalue weighted by Crippen LogP contribution is 2.29. The lowest BCUT2D eigenvalue weighted by Gasteiger charge is -2.07. The number of hydrogen-bond acceptors (Lipinski definition) is 4. The standard InChI is InChI=1S/C18H23N3O4/c1-4-17(23)19-7-8-20-18(24)10-14-12(2)21(11-22)16-6-5-13(25-3)9-15(14)16/h5-6,9,11H,4,7-8,10H2,1-3H3,(H,19,23)(H,20,24). The predicted molar refractivity (Wildman–Crippen MR) is 95.4 cm³/mol. The minimum absolute atomic E-state index is 0.0498. The minimum Gasteiger partial charge on any atom is -0.497 e. The van der Waals surface area contributed by atoms with Crippen molar-refractivity contribution in [1.29, 1.82) is 0 Å². The van der Waals surface area contributed by atoms with E-state index in [1.165, 1.54) is 4.57 Å². The van der Waals surface area contributed by atoms with Crippen molar-refractivity contribution in [3.63, 3.8) is 0 Å². The van der Waals surface area contributed by atoms with E-state index in [2.05, 4.69) is 10.6 Å². The van der Waals surface area contributed by atoms with Gasteiger partial charge in [0.05, 0.1) is 19.0 Å². The monoisotopic (exact) mass is 345 g/mol. The number of ether oxygens (including phenoxy) is 1. The summed E-state index contributed by atoms with van der Waals surface area (Å²) in [6.45, 7) is 4.33. The molecule has 0 fully saturated rings.